The topological polar surface area (TPSA) is 42.7 Å². The molecule has 1 saturated carbocycles. The molecular formula is C25H29NO3S2. The number of ether oxygens (including phenoxy) is 1. The number of amides is 1. The Labute approximate surface area is 194 Å². The third-order valence-electron chi connectivity index (χ3n) is 6.17. The fourth-order valence-corrected chi connectivity index (χ4v) is 5.85. The molecule has 0 N–H and O–H groups in total. The van der Waals surface area contributed by atoms with Gasteiger partial charge in [-0.05, 0) is 62.1 Å². The number of carbonyl (C=O) groups excluding carboxylic acids is 1. The van der Waals surface area contributed by atoms with E-state index >= 15 is 0 Å². The average Bonchev–Trinajstić information content (AvgIpc) is 3.28. The number of thiocarbonyl (C=S) groups is 1. The number of carbonyl (C=O) groups is 1. The third-order valence-corrected chi connectivity index (χ3v) is 7.50. The van der Waals surface area contributed by atoms with Crippen LogP contribution in [0.15, 0.2) is 33.6 Å². The van der Waals surface area contributed by atoms with Crippen molar-refractivity contribution in [2.75, 3.05) is 7.11 Å². The molecule has 2 aromatic rings. The Balaban J connectivity index is 1.55. The van der Waals surface area contributed by atoms with Gasteiger partial charge in [-0.25, -0.2) is 0 Å². The summed E-state index contributed by atoms with van der Waals surface area (Å²) in [7, 11) is 1.68. The van der Waals surface area contributed by atoms with Crippen LogP contribution in [0.25, 0.3) is 17.4 Å². The number of furan rings is 1. The maximum atomic E-state index is 13.2. The van der Waals surface area contributed by atoms with Crippen LogP contribution >= 0.6 is 24.0 Å². The molecule has 1 amide bonds. The number of rotatable bonds is 4. The van der Waals surface area contributed by atoms with Crippen molar-refractivity contribution in [3.8, 4) is 17.1 Å². The van der Waals surface area contributed by atoms with Gasteiger partial charge in [0, 0.05) is 17.7 Å². The molecule has 2 aliphatic rings. The number of methoxy groups -OCH3 is 1. The van der Waals surface area contributed by atoms with Gasteiger partial charge in [-0.2, -0.15) is 0 Å². The van der Waals surface area contributed by atoms with E-state index in [1.165, 1.54) is 43.9 Å². The highest BCUT2D eigenvalue weighted by Gasteiger charge is 2.37. The number of hydrogen-bond acceptors (Lipinski definition) is 5. The van der Waals surface area contributed by atoms with E-state index in [2.05, 4.69) is 6.07 Å². The van der Waals surface area contributed by atoms with E-state index in [1.807, 2.05) is 43.0 Å². The fourth-order valence-electron chi connectivity index (χ4n) is 4.47. The molecule has 4 rings (SSSR count). The lowest BCUT2D eigenvalue weighted by molar-refractivity contribution is -0.123. The lowest BCUT2D eigenvalue weighted by atomic mass is 9.96. The summed E-state index contributed by atoms with van der Waals surface area (Å²) in [6, 6.07) is 8.19. The first-order valence-electron chi connectivity index (χ1n) is 11.0. The van der Waals surface area contributed by atoms with Gasteiger partial charge in [-0.15, -0.1) is 0 Å². The van der Waals surface area contributed by atoms with E-state index in [0.717, 1.165) is 41.0 Å². The summed E-state index contributed by atoms with van der Waals surface area (Å²) >= 11 is 6.98. The zero-order chi connectivity index (χ0) is 22.0. The van der Waals surface area contributed by atoms with Crippen LogP contribution in [-0.4, -0.2) is 28.3 Å². The van der Waals surface area contributed by atoms with Crippen LogP contribution in [0.5, 0.6) is 5.75 Å². The Kier molecular flexibility index (Phi) is 6.87. The quantitative estimate of drug-likeness (QED) is 0.371. The van der Waals surface area contributed by atoms with Crippen LogP contribution in [0.4, 0.5) is 0 Å². The highest BCUT2D eigenvalue weighted by atomic mass is 32.2. The standard InChI is InChI=1S/C25H29NO3S2/c1-16-14-22(28-3)17(2)13-20(16)21-12-11-19(29-21)15-23-24(27)26(25(30)31-23)18-9-7-5-4-6-8-10-18/h11-15,18H,4-10H2,1-3H3. The highest BCUT2D eigenvalue weighted by molar-refractivity contribution is 8.26. The molecule has 1 saturated heterocycles. The smallest absolute Gasteiger partial charge is 0.266 e. The normalized spacial score (nSPS) is 19.7. The molecule has 2 heterocycles. The van der Waals surface area contributed by atoms with Crippen LogP contribution in [0.3, 0.4) is 0 Å². The third kappa shape index (κ3) is 4.75. The molecule has 31 heavy (non-hydrogen) atoms. The number of thioether (sulfide) groups is 1. The first kappa shape index (κ1) is 22.2. The maximum Gasteiger partial charge on any atom is 0.266 e. The summed E-state index contributed by atoms with van der Waals surface area (Å²) in [5, 5.41) is 0. The molecule has 0 unspecified atom stereocenters. The fraction of sp³-hybridized carbons (Fsp3) is 0.440. The summed E-state index contributed by atoms with van der Waals surface area (Å²) in [6.07, 6.45) is 10.1. The minimum Gasteiger partial charge on any atom is -0.496 e. The van der Waals surface area contributed by atoms with Crippen LogP contribution in [-0.2, 0) is 4.79 Å². The Morgan fingerprint density at radius 2 is 1.81 bits per heavy atom. The Bertz CT molecular complexity index is 1020. The minimum atomic E-state index is 0.0231. The Morgan fingerprint density at radius 1 is 1.10 bits per heavy atom. The zero-order valence-corrected chi connectivity index (χ0v) is 20.0. The van der Waals surface area contributed by atoms with Gasteiger partial charge >= 0.3 is 0 Å². The van der Waals surface area contributed by atoms with Crippen molar-refractivity contribution < 1.29 is 13.9 Å². The van der Waals surface area contributed by atoms with Gasteiger partial charge in [-0.1, -0.05) is 56.1 Å². The molecule has 0 atom stereocenters. The van der Waals surface area contributed by atoms with E-state index in [1.54, 1.807) is 7.11 Å². The van der Waals surface area contributed by atoms with Crippen molar-refractivity contribution in [2.24, 2.45) is 0 Å². The molecule has 164 valence electrons. The van der Waals surface area contributed by atoms with Crippen LogP contribution < -0.4 is 4.74 Å². The molecule has 1 aliphatic heterocycles. The van der Waals surface area contributed by atoms with Crippen LogP contribution in [0, 0.1) is 13.8 Å². The Morgan fingerprint density at radius 3 is 2.52 bits per heavy atom. The number of benzene rings is 1. The largest absolute Gasteiger partial charge is 0.496 e. The summed E-state index contributed by atoms with van der Waals surface area (Å²) < 4.78 is 12.2. The van der Waals surface area contributed by atoms with Crippen molar-refractivity contribution >= 4 is 40.3 Å². The summed E-state index contributed by atoms with van der Waals surface area (Å²) in [4.78, 5) is 15.7. The van der Waals surface area contributed by atoms with E-state index in [4.69, 9.17) is 21.4 Å². The van der Waals surface area contributed by atoms with Gasteiger partial charge in [0.1, 0.15) is 21.6 Å². The minimum absolute atomic E-state index is 0.0231. The zero-order valence-electron chi connectivity index (χ0n) is 18.4. The molecular weight excluding hydrogens is 426 g/mol. The first-order valence-corrected chi connectivity index (χ1v) is 12.2. The van der Waals surface area contributed by atoms with Gasteiger partial charge < -0.3 is 9.15 Å². The lowest BCUT2D eigenvalue weighted by Gasteiger charge is -2.28. The summed E-state index contributed by atoms with van der Waals surface area (Å²) in [5.74, 6) is 2.34. The second kappa shape index (κ2) is 9.61. The molecule has 1 aliphatic carbocycles. The van der Waals surface area contributed by atoms with Gasteiger partial charge in [0.05, 0.1) is 12.0 Å². The number of aryl methyl sites for hydroxylation is 2. The molecule has 6 heteroatoms. The molecule has 1 aromatic carbocycles. The monoisotopic (exact) mass is 455 g/mol. The van der Waals surface area contributed by atoms with Crippen molar-refractivity contribution in [3.63, 3.8) is 0 Å². The summed E-state index contributed by atoms with van der Waals surface area (Å²) in [5.41, 5.74) is 3.17. The molecule has 0 bridgehead atoms. The van der Waals surface area contributed by atoms with Crippen LogP contribution in [0.2, 0.25) is 0 Å². The highest BCUT2D eigenvalue weighted by Crippen LogP contribution is 2.38. The van der Waals surface area contributed by atoms with Crippen molar-refractivity contribution in [2.45, 2.75) is 64.8 Å². The maximum absolute atomic E-state index is 13.2. The van der Waals surface area contributed by atoms with E-state index < -0.39 is 0 Å². The van der Waals surface area contributed by atoms with Crippen molar-refractivity contribution in [1.29, 1.82) is 0 Å². The lowest BCUT2D eigenvalue weighted by Crippen LogP contribution is -2.39. The Hall–Kier alpha value is -2.05. The molecule has 2 fully saturated rings. The van der Waals surface area contributed by atoms with Crippen LogP contribution in [0.1, 0.15) is 61.8 Å². The average molecular weight is 456 g/mol. The predicted molar refractivity (Wildman–Crippen MR) is 131 cm³/mol. The number of hydrogen-bond donors (Lipinski definition) is 0. The van der Waals surface area contributed by atoms with Crippen molar-refractivity contribution in [1.82, 2.24) is 4.90 Å². The van der Waals surface area contributed by atoms with Gasteiger partial charge in [0.15, 0.2) is 0 Å². The molecule has 4 nitrogen and oxygen atoms in total. The van der Waals surface area contributed by atoms with Gasteiger partial charge in [0.25, 0.3) is 5.91 Å². The molecule has 0 spiro atoms. The second-order valence-corrected chi connectivity index (χ2v) is 10.1. The second-order valence-electron chi connectivity index (χ2n) is 8.39. The molecule has 1 aromatic heterocycles. The van der Waals surface area contributed by atoms with E-state index in [0.29, 0.717) is 15.0 Å². The molecule has 0 radical (unpaired) electrons. The van der Waals surface area contributed by atoms with Gasteiger partial charge in [0.2, 0.25) is 0 Å². The number of nitrogens with zero attached hydrogens (tertiary/aromatic N) is 1. The first-order chi connectivity index (χ1) is 15.0. The van der Waals surface area contributed by atoms with E-state index in [9.17, 15) is 4.79 Å². The van der Waals surface area contributed by atoms with E-state index in [-0.39, 0.29) is 11.9 Å². The van der Waals surface area contributed by atoms with Crippen molar-refractivity contribution in [3.05, 3.63) is 46.1 Å². The SMILES string of the molecule is COc1cc(C)c(-c2ccc(C=C3SC(=S)N(C4CCCCCCC4)C3=O)o2)cc1C. The predicted octanol–water partition coefficient (Wildman–Crippen LogP) is 6.89. The summed E-state index contributed by atoms with van der Waals surface area (Å²) in [6.45, 7) is 4.06. The van der Waals surface area contributed by atoms with Gasteiger partial charge in [-0.3, -0.25) is 9.69 Å².